The van der Waals surface area contributed by atoms with Crippen LogP contribution in [0.5, 0.6) is 5.75 Å². The topological polar surface area (TPSA) is 78.2 Å². The van der Waals surface area contributed by atoms with Crippen LogP contribution < -0.4 is 15.7 Å². The molecular weight excluding hydrogens is 478 g/mol. The maximum absolute atomic E-state index is 14.9. The molecule has 1 aromatic heterocycles. The van der Waals surface area contributed by atoms with Gasteiger partial charge in [-0.3, -0.25) is 9.36 Å². The first-order chi connectivity index (χ1) is 15.4. The Kier molecular flexibility index (Phi) is 6.76. The fourth-order valence-corrected chi connectivity index (χ4v) is 3.23. The molecule has 176 valence electrons. The van der Waals surface area contributed by atoms with Crippen LogP contribution in [0.1, 0.15) is 10.4 Å². The zero-order valence-corrected chi connectivity index (χ0v) is 17.7. The van der Waals surface area contributed by atoms with E-state index in [9.17, 15) is 35.9 Å². The number of para-hydroxylation sites is 1. The van der Waals surface area contributed by atoms with Gasteiger partial charge in [0.1, 0.15) is 34.6 Å². The summed E-state index contributed by atoms with van der Waals surface area (Å²) in [4.78, 5) is 24.9. The first kappa shape index (κ1) is 24.2. The molecule has 33 heavy (non-hydrogen) atoms. The lowest BCUT2D eigenvalue weighted by molar-refractivity contribution is -0.153. The van der Waals surface area contributed by atoms with Gasteiger partial charge in [-0.25, -0.2) is 18.0 Å². The maximum atomic E-state index is 14.9. The Morgan fingerprint density at radius 3 is 2.33 bits per heavy atom. The molecule has 14 heteroatoms. The minimum Gasteiger partial charge on any atom is -0.483 e. The summed E-state index contributed by atoms with van der Waals surface area (Å²) in [5.41, 5.74) is -3.09. The molecule has 0 saturated carbocycles. The van der Waals surface area contributed by atoms with E-state index in [-0.39, 0.29) is 5.16 Å². The second kappa shape index (κ2) is 9.21. The zero-order chi connectivity index (χ0) is 24.5. The van der Waals surface area contributed by atoms with Gasteiger partial charge in [0, 0.05) is 13.1 Å². The van der Waals surface area contributed by atoms with Crippen molar-refractivity contribution in [1.82, 2.24) is 14.3 Å². The number of ether oxygens (including phenoxy) is 1. The molecule has 0 aliphatic heterocycles. The van der Waals surface area contributed by atoms with Gasteiger partial charge in [0.25, 0.3) is 5.91 Å². The minimum atomic E-state index is -4.83. The fraction of sp³-hybridized carbons (Fsp3) is 0.211. The number of carbonyl (C=O) groups is 1. The van der Waals surface area contributed by atoms with Crippen molar-refractivity contribution in [3.05, 3.63) is 63.8 Å². The predicted molar refractivity (Wildman–Crippen MR) is 106 cm³/mol. The summed E-state index contributed by atoms with van der Waals surface area (Å²) in [6.07, 6.45) is -3.23. The van der Waals surface area contributed by atoms with E-state index in [2.05, 4.69) is 9.84 Å². The third kappa shape index (κ3) is 5.16. The fourth-order valence-electron chi connectivity index (χ4n) is 2.71. The highest BCUT2D eigenvalue weighted by Crippen LogP contribution is 2.29. The van der Waals surface area contributed by atoms with E-state index in [1.165, 1.54) is 7.05 Å². The largest absolute Gasteiger partial charge is 0.483 e. The van der Waals surface area contributed by atoms with E-state index < -0.39 is 64.5 Å². The predicted octanol–water partition coefficient (Wildman–Crippen LogP) is 3.90. The molecule has 0 bridgehead atoms. The van der Waals surface area contributed by atoms with Crippen molar-refractivity contribution in [1.29, 1.82) is 0 Å². The minimum absolute atomic E-state index is 0.175. The Morgan fingerprint density at radius 1 is 1.15 bits per heavy atom. The van der Waals surface area contributed by atoms with Crippen molar-refractivity contribution in [2.45, 2.75) is 11.3 Å². The van der Waals surface area contributed by atoms with Crippen LogP contribution in [0.2, 0.25) is 0 Å². The lowest BCUT2D eigenvalue weighted by atomic mass is 10.1. The number of rotatable bonds is 6. The molecule has 0 spiro atoms. The van der Waals surface area contributed by atoms with Crippen molar-refractivity contribution in [2.24, 2.45) is 7.05 Å². The number of anilines is 1. The van der Waals surface area contributed by atoms with Gasteiger partial charge in [-0.2, -0.15) is 17.9 Å². The van der Waals surface area contributed by atoms with Crippen LogP contribution in [0.4, 0.5) is 32.0 Å². The second-order valence-corrected chi connectivity index (χ2v) is 7.27. The van der Waals surface area contributed by atoms with Crippen molar-refractivity contribution in [2.75, 3.05) is 18.2 Å². The summed E-state index contributed by atoms with van der Waals surface area (Å²) >= 11 is 1.05. The van der Waals surface area contributed by atoms with Crippen LogP contribution in [0.3, 0.4) is 0 Å². The number of hydrogen-bond donors (Lipinski definition) is 1. The zero-order valence-electron chi connectivity index (χ0n) is 16.8. The number of hydrogen-bond acceptors (Lipinski definition) is 5. The molecule has 2 aromatic carbocycles. The molecular formula is C19H14F6N4O3S. The van der Waals surface area contributed by atoms with E-state index in [1.807, 2.05) is 5.32 Å². The molecule has 0 unspecified atom stereocenters. The van der Waals surface area contributed by atoms with E-state index in [4.69, 9.17) is 0 Å². The standard InChI is InChI=1S/C19H14F6N4O3S/c1-28-17(33-2)27-29(18(28)31)13-7-14(32-8-19(23,24)25)9(6-12(13)22)16(30)26-15-10(20)4-3-5-11(15)21/h3-7H,8H2,1-2H3,(H,26,30). The van der Waals surface area contributed by atoms with E-state index in [1.54, 1.807) is 6.26 Å². The summed E-state index contributed by atoms with van der Waals surface area (Å²) in [7, 11) is 1.35. The molecule has 3 aromatic rings. The average Bonchev–Trinajstić information content (AvgIpc) is 3.03. The normalized spacial score (nSPS) is 11.5. The number of halogens is 6. The quantitative estimate of drug-likeness (QED) is 0.417. The number of aromatic nitrogens is 3. The molecule has 1 heterocycles. The molecule has 3 rings (SSSR count). The van der Waals surface area contributed by atoms with Gasteiger partial charge in [0.15, 0.2) is 11.8 Å². The number of thioether (sulfide) groups is 1. The van der Waals surface area contributed by atoms with Gasteiger partial charge in [0.2, 0.25) is 0 Å². The SMILES string of the molecule is CSc1nn(-c2cc(OCC(F)(F)F)c(C(=O)Nc3c(F)cccc3F)cc2F)c(=O)n1C. The number of amides is 1. The van der Waals surface area contributed by atoms with Gasteiger partial charge in [-0.15, -0.1) is 5.10 Å². The van der Waals surface area contributed by atoms with Crippen LogP contribution in [-0.4, -0.2) is 39.3 Å². The number of benzene rings is 2. The summed E-state index contributed by atoms with van der Waals surface area (Å²) in [5, 5.41) is 5.91. The van der Waals surface area contributed by atoms with E-state index in [0.29, 0.717) is 16.8 Å². The molecule has 0 radical (unpaired) electrons. The Bertz CT molecular complexity index is 1250. The van der Waals surface area contributed by atoms with Crippen LogP contribution in [0.25, 0.3) is 5.69 Å². The van der Waals surface area contributed by atoms with Crippen molar-refractivity contribution in [3.63, 3.8) is 0 Å². The van der Waals surface area contributed by atoms with Crippen LogP contribution in [-0.2, 0) is 7.05 Å². The Morgan fingerprint density at radius 2 is 1.79 bits per heavy atom. The average molecular weight is 492 g/mol. The molecule has 0 atom stereocenters. The molecule has 1 amide bonds. The Balaban J connectivity index is 2.10. The van der Waals surface area contributed by atoms with Crippen LogP contribution >= 0.6 is 11.8 Å². The monoisotopic (exact) mass is 492 g/mol. The summed E-state index contributed by atoms with van der Waals surface area (Å²) < 4.78 is 87.0. The van der Waals surface area contributed by atoms with Crippen molar-refractivity contribution < 1.29 is 35.9 Å². The first-order valence-electron chi connectivity index (χ1n) is 8.91. The third-order valence-electron chi connectivity index (χ3n) is 4.24. The van der Waals surface area contributed by atoms with Crippen LogP contribution in [0.15, 0.2) is 40.3 Å². The van der Waals surface area contributed by atoms with Gasteiger partial charge >= 0.3 is 11.9 Å². The number of nitrogens with zero attached hydrogens (tertiary/aromatic N) is 3. The molecule has 0 fully saturated rings. The highest BCUT2D eigenvalue weighted by Gasteiger charge is 2.30. The number of nitrogens with one attached hydrogen (secondary N) is 1. The number of alkyl halides is 3. The van der Waals surface area contributed by atoms with Gasteiger partial charge in [-0.1, -0.05) is 17.8 Å². The highest BCUT2D eigenvalue weighted by atomic mass is 32.2. The van der Waals surface area contributed by atoms with Gasteiger partial charge < -0.3 is 10.1 Å². The molecule has 0 aliphatic rings. The Labute approximate surface area is 186 Å². The van der Waals surface area contributed by atoms with E-state index >= 15 is 0 Å². The van der Waals surface area contributed by atoms with Crippen molar-refractivity contribution >= 4 is 23.4 Å². The molecule has 0 saturated heterocycles. The van der Waals surface area contributed by atoms with Gasteiger partial charge in [-0.05, 0) is 24.5 Å². The summed E-state index contributed by atoms with van der Waals surface area (Å²) in [5.74, 6) is -5.69. The van der Waals surface area contributed by atoms with E-state index in [0.717, 1.165) is 34.5 Å². The van der Waals surface area contributed by atoms with Gasteiger partial charge in [0.05, 0.1) is 5.56 Å². The first-order valence-corrected chi connectivity index (χ1v) is 10.1. The lowest BCUT2D eigenvalue weighted by Gasteiger charge is -2.15. The van der Waals surface area contributed by atoms with Crippen molar-refractivity contribution in [3.8, 4) is 11.4 Å². The smallest absolute Gasteiger partial charge is 0.422 e. The summed E-state index contributed by atoms with van der Waals surface area (Å²) in [6, 6.07) is 3.85. The third-order valence-corrected chi connectivity index (χ3v) is 4.96. The molecule has 0 aliphatic carbocycles. The lowest BCUT2D eigenvalue weighted by Crippen LogP contribution is -2.24. The summed E-state index contributed by atoms with van der Waals surface area (Å²) in [6.45, 7) is -1.86. The maximum Gasteiger partial charge on any atom is 0.422 e. The van der Waals surface area contributed by atoms with Crippen LogP contribution in [0, 0.1) is 17.5 Å². The highest BCUT2D eigenvalue weighted by molar-refractivity contribution is 7.98. The molecule has 1 N–H and O–H groups in total. The molecule has 7 nitrogen and oxygen atoms in total. The Hall–Kier alpha value is -3.42. The number of carbonyl (C=O) groups excluding carboxylic acids is 1. The second-order valence-electron chi connectivity index (χ2n) is 6.49.